The van der Waals surface area contributed by atoms with E-state index < -0.39 is 6.04 Å². The fraction of sp³-hybridized carbons (Fsp3) is 0.562. The Labute approximate surface area is 150 Å². The van der Waals surface area contributed by atoms with Gasteiger partial charge in [0.15, 0.2) is 0 Å². The summed E-state index contributed by atoms with van der Waals surface area (Å²) in [5.74, 6) is -0.111. The van der Waals surface area contributed by atoms with Crippen LogP contribution in [0.25, 0.3) is 0 Å². The monoisotopic (exact) mass is 363 g/mol. The maximum Gasteiger partial charge on any atom is 0.236 e. The molecule has 1 aromatic carbocycles. The van der Waals surface area contributed by atoms with Crippen molar-refractivity contribution in [3.63, 3.8) is 0 Å². The Hall–Kier alpha value is -0.850. The van der Waals surface area contributed by atoms with Crippen LogP contribution in [0.2, 0.25) is 0 Å². The highest BCUT2D eigenvalue weighted by Crippen LogP contribution is 2.21. The molecule has 0 radical (unpaired) electrons. The van der Waals surface area contributed by atoms with Crippen LogP contribution in [0, 0.1) is 6.92 Å². The average molecular weight is 364 g/mol. The second-order valence-electron chi connectivity index (χ2n) is 5.61. The van der Waals surface area contributed by atoms with Gasteiger partial charge in [-0.15, -0.1) is 24.8 Å². The van der Waals surface area contributed by atoms with Crippen molar-refractivity contribution in [3.05, 3.63) is 35.4 Å². The number of hydrogen-bond acceptors (Lipinski definition) is 4. The van der Waals surface area contributed by atoms with Crippen LogP contribution >= 0.6 is 24.8 Å². The van der Waals surface area contributed by atoms with Gasteiger partial charge >= 0.3 is 0 Å². The van der Waals surface area contributed by atoms with E-state index in [9.17, 15) is 4.79 Å². The lowest BCUT2D eigenvalue weighted by molar-refractivity contribution is -0.122. The molecule has 132 valence electrons. The van der Waals surface area contributed by atoms with Gasteiger partial charge in [0, 0.05) is 19.6 Å². The number of aryl methyl sites for hydroxylation is 1. The molecule has 1 fully saturated rings. The van der Waals surface area contributed by atoms with Gasteiger partial charge in [0.05, 0.1) is 25.3 Å². The number of amides is 1. The summed E-state index contributed by atoms with van der Waals surface area (Å²) < 4.78 is 5.42. The van der Waals surface area contributed by atoms with Gasteiger partial charge in [-0.2, -0.15) is 0 Å². The Bertz CT molecular complexity index is 463. The summed E-state index contributed by atoms with van der Waals surface area (Å²) >= 11 is 0. The molecule has 5 nitrogen and oxygen atoms in total. The van der Waals surface area contributed by atoms with Gasteiger partial charge in [0.2, 0.25) is 5.91 Å². The van der Waals surface area contributed by atoms with E-state index in [1.54, 1.807) is 6.92 Å². The predicted octanol–water partition coefficient (Wildman–Crippen LogP) is 1.68. The van der Waals surface area contributed by atoms with E-state index >= 15 is 0 Å². The molecular weight excluding hydrogens is 337 g/mol. The Morgan fingerprint density at radius 2 is 1.83 bits per heavy atom. The molecule has 1 heterocycles. The molecule has 1 amide bonds. The number of nitrogens with one attached hydrogen (secondary N) is 1. The van der Waals surface area contributed by atoms with Gasteiger partial charge in [0.1, 0.15) is 0 Å². The Kier molecular flexibility index (Phi) is 10.4. The zero-order valence-corrected chi connectivity index (χ0v) is 15.3. The Morgan fingerprint density at radius 3 is 2.35 bits per heavy atom. The number of carbonyl (C=O) groups is 1. The van der Waals surface area contributed by atoms with Crippen LogP contribution < -0.4 is 11.1 Å². The summed E-state index contributed by atoms with van der Waals surface area (Å²) in [6, 6.07) is 8.17. The van der Waals surface area contributed by atoms with Gasteiger partial charge in [-0.1, -0.05) is 29.8 Å². The quantitative estimate of drug-likeness (QED) is 0.834. The minimum Gasteiger partial charge on any atom is -0.379 e. The maximum atomic E-state index is 11.7. The topological polar surface area (TPSA) is 67.6 Å². The molecule has 1 unspecified atom stereocenters. The van der Waals surface area contributed by atoms with Crippen LogP contribution in [0.1, 0.15) is 24.1 Å². The maximum absolute atomic E-state index is 11.7. The van der Waals surface area contributed by atoms with Crippen LogP contribution in [0.3, 0.4) is 0 Å². The molecule has 0 saturated carbocycles. The van der Waals surface area contributed by atoms with Crippen LogP contribution in [0.15, 0.2) is 24.3 Å². The predicted molar refractivity (Wildman–Crippen MR) is 97.5 cm³/mol. The first kappa shape index (κ1) is 22.1. The van der Waals surface area contributed by atoms with Crippen molar-refractivity contribution < 1.29 is 9.53 Å². The third-order valence-corrected chi connectivity index (χ3v) is 3.83. The summed E-state index contributed by atoms with van der Waals surface area (Å²) in [5.41, 5.74) is 8.06. The Morgan fingerprint density at radius 1 is 1.26 bits per heavy atom. The number of nitrogens with zero attached hydrogens (tertiary/aromatic N) is 1. The van der Waals surface area contributed by atoms with Crippen molar-refractivity contribution in [2.45, 2.75) is 25.9 Å². The molecule has 0 bridgehead atoms. The van der Waals surface area contributed by atoms with Crippen LogP contribution in [-0.4, -0.2) is 49.7 Å². The third kappa shape index (κ3) is 6.65. The molecule has 1 aliphatic heterocycles. The molecule has 7 heteroatoms. The first-order valence-electron chi connectivity index (χ1n) is 7.49. The number of ether oxygens (including phenoxy) is 1. The number of halogens is 2. The average Bonchev–Trinajstić information content (AvgIpc) is 2.50. The molecule has 2 atom stereocenters. The number of carbonyl (C=O) groups excluding carboxylic acids is 1. The lowest BCUT2D eigenvalue weighted by atomic mass is 10.0. The number of hydrogen-bond donors (Lipinski definition) is 2. The van der Waals surface area contributed by atoms with Gasteiger partial charge in [-0.3, -0.25) is 9.69 Å². The van der Waals surface area contributed by atoms with Gasteiger partial charge in [0.25, 0.3) is 0 Å². The molecule has 2 rings (SSSR count). The molecule has 1 aliphatic rings. The normalized spacial score (nSPS) is 17.3. The highest BCUT2D eigenvalue weighted by atomic mass is 35.5. The van der Waals surface area contributed by atoms with Crippen molar-refractivity contribution in [1.82, 2.24) is 10.2 Å². The van der Waals surface area contributed by atoms with Gasteiger partial charge in [-0.25, -0.2) is 0 Å². The summed E-state index contributed by atoms with van der Waals surface area (Å²) in [6.45, 7) is 7.59. The molecule has 3 N–H and O–H groups in total. The van der Waals surface area contributed by atoms with Crippen molar-refractivity contribution in [2.75, 3.05) is 32.8 Å². The van der Waals surface area contributed by atoms with Crippen LogP contribution in [0.4, 0.5) is 0 Å². The molecule has 23 heavy (non-hydrogen) atoms. The second kappa shape index (κ2) is 10.8. The van der Waals surface area contributed by atoms with E-state index in [2.05, 4.69) is 41.4 Å². The first-order chi connectivity index (χ1) is 10.1. The lowest BCUT2D eigenvalue weighted by Crippen LogP contribution is -2.46. The van der Waals surface area contributed by atoms with E-state index in [0.29, 0.717) is 6.54 Å². The van der Waals surface area contributed by atoms with E-state index in [1.165, 1.54) is 11.1 Å². The van der Waals surface area contributed by atoms with Crippen molar-refractivity contribution in [1.29, 1.82) is 0 Å². The van der Waals surface area contributed by atoms with Crippen molar-refractivity contribution >= 4 is 30.7 Å². The second-order valence-corrected chi connectivity index (χ2v) is 5.61. The zero-order chi connectivity index (χ0) is 15.2. The van der Waals surface area contributed by atoms with E-state index in [4.69, 9.17) is 10.5 Å². The van der Waals surface area contributed by atoms with E-state index in [1.807, 2.05) is 0 Å². The number of benzene rings is 1. The SMILES string of the molecule is Cc1ccc(C(CNC(=O)[C@@H](C)N)N2CCOCC2)cc1.Cl.Cl. The fourth-order valence-electron chi connectivity index (χ4n) is 2.49. The van der Waals surface area contributed by atoms with Crippen LogP contribution in [-0.2, 0) is 9.53 Å². The largest absolute Gasteiger partial charge is 0.379 e. The molecular formula is C16H27Cl2N3O2. The number of morpholine rings is 1. The summed E-state index contributed by atoms with van der Waals surface area (Å²) in [6.07, 6.45) is 0. The van der Waals surface area contributed by atoms with Gasteiger partial charge in [-0.05, 0) is 19.4 Å². The van der Waals surface area contributed by atoms with Crippen molar-refractivity contribution in [2.24, 2.45) is 5.73 Å². The minimum absolute atomic E-state index is 0. The van der Waals surface area contributed by atoms with E-state index in [0.717, 1.165) is 26.3 Å². The van der Waals surface area contributed by atoms with Gasteiger partial charge < -0.3 is 15.8 Å². The van der Waals surface area contributed by atoms with Crippen LogP contribution in [0.5, 0.6) is 0 Å². The summed E-state index contributed by atoms with van der Waals surface area (Å²) in [4.78, 5) is 14.1. The number of rotatable bonds is 5. The van der Waals surface area contributed by atoms with E-state index in [-0.39, 0.29) is 36.8 Å². The smallest absolute Gasteiger partial charge is 0.236 e. The van der Waals surface area contributed by atoms with Crippen molar-refractivity contribution in [3.8, 4) is 0 Å². The summed E-state index contributed by atoms with van der Waals surface area (Å²) in [7, 11) is 0. The molecule has 1 saturated heterocycles. The standard InChI is InChI=1S/C16H25N3O2.2ClH/c1-12-3-5-14(6-4-12)15(11-18-16(20)13(2)17)19-7-9-21-10-8-19;;/h3-6,13,15H,7-11,17H2,1-2H3,(H,18,20);2*1H/t13-,15?;;/m1../s1. The fourth-order valence-corrected chi connectivity index (χ4v) is 2.49. The summed E-state index contributed by atoms with van der Waals surface area (Å²) in [5, 5.41) is 2.95. The first-order valence-corrected chi connectivity index (χ1v) is 7.49. The Balaban J connectivity index is 0.00000242. The third-order valence-electron chi connectivity index (χ3n) is 3.83. The molecule has 0 aromatic heterocycles. The highest BCUT2D eigenvalue weighted by molar-refractivity contribution is 5.85. The zero-order valence-electron chi connectivity index (χ0n) is 13.7. The highest BCUT2D eigenvalue weighted by Gasteiger charge is 2.23. The molecule has 0 spiro atoms. The number of nitrogens with two attached hydrogens (primary N) is 1. The minimum atomic E-state index is -0.478. The molecule has 1 aromatic rings. The lowest BCUT2D eigenvalue weighted by Gasteiger charge is -2.35. The molecule has 0 aliphatic carbocycles.